The van der Waals surface area contributed by atoms with Crippen LogP contribution in [0.5, 0.6) is 0 Å². The lowest BCUT2D eigenvalue weighted by Crippen LogP contribution is -2.42. The van der Waals surface area contributed by atoms with Crippen LogP contribution >= 0.6 is 0 Å². The monoisotopic (exact) mass is 319 g/mol. The standard InChI is InChI=1S/C18H25NO4/c1-2-23-11-10-17(20)19-16(18(21)22)12-14-8-5-7-13-6-3-4-9-15(13)14/h3-4,6,9,14,16H,2,5,7-8,10-12H2,1H3,(H,19,20)(H,21,22). The molecule has 0 saturated heterocycles. The van der Waals surface area contributed by atoms with E-state index in [9.17, 15) is 14.7 Å². The number of amides is 1. The second-order valence-corrected chi connectivity index (χ2v) is 5.93. The Bertz CT molecular complexity index is 544. The molecule has 2 N–H and O–H groups in total. The molecular weight excluding hydrogens is 294 g/mol. The summed E-state index contributed by atoms with van der Waals surface area (Å²) >= 11 is 0. The summed E-state index contributed by atoms with van der Waals surface area (Å²) in [6.45, 7) is 2.73. The van der Waals surface area contributed by atoms with Crippen molar-refractivity contribution in [3.05, 3.63) is 35.4 Å². The van der Waals surface area contributed by atoms with Crippen LogP contribution in [0.25, 0.3) is 0 Å². The summed E-state index contributed by atoms with van der Waals surface area (Å²) in [5.74, 6) is -1.05. The Morgan fingerprint density at radius 1 is 1.39 bits per heavy atom. The molecule has 5 nitrogen and oxygen atoms in total. The van der Waals surface area contributed by atoms with E-state index in [2.05, 4.69) is 17.4 Å². The van der Waals surface area contributed by atoms with Gasteiger partial charge in [-0.2, -0.15) is 0 Å². The molecule has 0 aliphatic heterocycles. The second-order valence-electron chi connectivity index (χ2n) is 5.93. The summed E-state index contributed by atoms with van der Waals surface area (Å²) in [7, 11) is 0. The Balaban J connectivity index is 1.97. The van der Waals surface area contributed by atoms with Gasteiger partial charge < -0.3 is 15.2 Å². The van der Waals surface area contributed by atoms with E-state index in [4.69, 9.17) is 4.74 Å². The highest BCUT2D eigenvalue weighted by molar-refractivity contribution is 5.83. The largest absolute Gasteiger partial charge is 0.480 e. The highest BCUT2D eigenvalue weighted by Crippen LogP contribution is 2.34. The van der Waals surface area contributed by atoms with Crippen LogP contribution in [-0.2, 0) is 20.7 Å². The number of rotatable bonds is 8. The Hall–Kier alpha value is -1.88. The smallest absolute Gasteiger partial charge is 0.326 e. The van der Waals surface area contributed by atoms with Gasteiger partial charge in [-0.25, -0.2) is 4.79 Å². The van der Waals surface area contributed by atoms with E-state index in [0.29, 0.717) is 19.6 Å². The van der Waals surface area contributed by atoms with Gasteiger partial charge in [0.15, 0.2) is 0 Å². The van der Waals surface area contributed by atoms with Crippen molar-refractivity contribution in [3.8, 4) is 0 Å². The molecule has 0 radical (unpaired) electrons. The first-order valence-electron chi connectivity index (χ1n) is 8.29. The third kappa shape index (κ3) is 5.06. The lowest BCUT2D eigenvalue weighted by molar-refractivity contribution is -0.142. The van der Waals surface area contributed by atoms with Gasteiger partial charge in [-0.05, 0) is 49.7 Å². The second kappa shape index (κ2) is 8.67. The van der Waals surface area contributed by atoms with Crippen LogP contribution in [0, 0.1) is 0 Å². The summed E-state index contributed by atoms with van der Waals surface area (Å²) in [5, 5.41) is 12.1. The van der Waals surface area contributed by atoms with Crippen LogP contribution in [0.4, 0.5) is 0 Å². The molecule has 0 aromatic heterocycles. The predicted molar refractivity (Wildman–Crippen MR) is 87.4 cm³/mol. The van der Waals surface area contributed by atoms with E-state index in [0.717, 1.165) is 19.3 Å². The van der Waals surface area contributed by atoms with Crippen LogP contribution in [0.1, 0.15) is 49.7 Å². The fourth-order valence-electron chi connectivity index (χ4n) is 3.18. The number of ether oxygens (including phenoxy) is 1. The van der Waals surface area contributed by atoms with Crippen LogP contribution in [0.3, 0.4) is 0 Å². The maximum absolute atomic E-state index is 11.9. The molecule has 126 valence electrons. The molecule has 0 heterocycles. The van der Waals surface area contributed by atoms with Gasteiger partial charge in [0, 0.05) is 13.0 Å². The Kier molecular flexibility index (Phi) is 6.59. The van der Waals surface area contributed by atoms with E-state index in [1.807, 2.05) is 19.1 Å². The van der Waals surface area contributed by atoms with E-state index in [1.54, 1.807) is 0 Å². The Morgan fingerprint density at radius 2 is 2.17 bits per heavy atom. The number of fused-ring (bicyclic) bond motifs is 1. The molecule has 2 atom stereocenters. The third-order valence-electron chi connectivity index (χ3n) is 4.32. The highest BCUT2D eigenvalue weighted by atomic mass is 16.5. The molecule has 1 aromatic rings. The van der Waals surface area contributed by atoms with Crippen molar-refractivity contribution >= 4 is 11.9 Å². The highest BCUT2D eigenvalue weighted by Gasteiger charge is 2.27. The van der Waals surface area contributed by atoms with Gasteiger partial charge in [0.2, 0.25) is 5.91 Å². The Labute approximate surface area is 137 Å². The van der Waals surface area contributed by atoms with Crippen molar-refractivity contribution in [2.75, 3.05) is 13.2 Å². The minimum atomic E-state index is -0.974. The molecule has 0 fully saturated rings. The van der Waals surface area contributed by atoms with Gasteiger partial charge in [0.25, 0.3) is 0 Å². The van der Waals surface area contributed by atoms with Crippen molar-refractivity contribution in [2.24, 2.45) is 0 Å². The molecule has 2 rings (SSSR count). The molecule has 1 amide bonds. The van der Waals surface area contributed by atoms with Gasteiger partial charge in [0.1, 0.15) is 6.04 Å². The van der Waals surface area contributed by atoms with Crippen molar-refractivity contribution in [3.63, 3.8) is 0 Å². The van der Waals surface area contributed by atoms with Crippen LogP contribution in [-0.4, -0.2) is 36.2 Å². The number of nitrogens with one attached hydrogen (secondary N) is 1. The number of carbonyl (C=O) groups excluding carboxylic acids is 1. The fourth-order valence-corrected chi connectivity index (χ4v) is 3.18. The summed E-state index contributed by atoms with van der Waals surface area (Å²) in [4.78, 5) is 23.4. The molecule has 1 aliphatic rings. The number of carboxylic acids is 1. The van der Waals surface area contributed by atoms with E-state index in [-0.39, 0.29) is 18.2 Å². The van der Waals surface area contributed by atoms with Gasteiger partial charge in [-0.1, -0.05) is 24.3 Å². The van der Waals surface area contributed by atoms with Gasteiger partial charge >= 0.3 is 5.97 Å². The van der Waals surface area contributed by atoms with Crippen LogP contribution in [0.15, 0.2) is 24.3 Å². The summed E-state index contributed by atoms with van der Waals surface area (Å²) < 4.78 is 5.13. The first-order valence-corrected chi connectivity index (χ1v) is 8.29. The normalized spacial score (nSPS) is 18.0. The van der Waals surface area contributed by atoms with E-state index >= 15 is 0 Å². The molecule has 1 aromatic carbocycles. The van der Waals surface area contributed by atoms with E-state index in [1.165, 1.54) is 11.1 Å². The average molecular weight is 319 g/mol. The lowest BCUT2D eigenvalue weighted by atomic mass is 9.79. The van der Waals surface area contributed by atoms with Gasteiger partial charge in [-0.15, -0.1) is 0 Å². The fraction of sp³-hybridized carbons (Fsp3) is 0.556. The lowest BCUT2D eigenvalue weighted by Gasteiger charge is -2.28. The van der Waals surface area contributed by atoms with Crippen molar-refractivity contribution in [1.29, 1.82) is 0 Å². The molecular formula is C18H25NO4. The molecule has 2 unspecified atom stereocenters. The first kappa shape index (κ1) is 17.5. The topological polar surface area (TPSA) is 75.6 Å². The summed E-state index contributed by atoms with van der Waals surface area (Å²) in [5.41, 5.74) is 2.53. The van der Waals surface area contributed by atoms with Crippen LogP contribution in [0.2, 0.25) is 0 Å². The molecule has 1 aliphatic carbocycles. The maximum atomic E-state index is 11.9. The number of hydrogen-bond acceptors (Lipinski definition) is 3. The molecule has 0 bridgehead atoms. The van der Waals surface area contributed by atoms with E-state index < -0.39 is 12.0 Å². The zero-order chi connectivity index (χ0) is 16.7. The van der Waals surface area contributed by atoms with Gasteiger partial charge in [0.05, 0.1) is 6.61 Å². The minimum absolute atomic E-state index is 0.188. The van der Waals surface area contributed by atoms with Crippen LogP contribution < -0.4 is 5.32 Å². The van der Waals surface area contributed by atoms with Crippen molar-refractivity contribution in [1.82, 2.24) is 5.32 Å². The average Bonchev–Trinajstić information content (AvgIpc) is 2.54. The number of carboxylic acid groups (broad SMARTS) is 1. The molecule has 0 spiro atoms. The number of carbonyl (C=O) groups is 2. The predicted octanol–water partition coefficient (Wildman–Crippen LogP) is 2.49. The minimum Gasteiger partial charge on any atom is -0.480 e. The number of hydrogen-bond donors (Lipinski definition) is 2. The Morgan fingerprint density at radius 3 is 2.91 bits per heavy atom. The van der Waals surface area contributed by atoms with Crippen molar-refractivity contribution in [2.45, 2.75) is 51.0 Å². The van der Waals surface area contributed by atoms with Gasteiger partial charge in [-0.3, -0.25) is 4.79 Å². The summed E-state index contributed by atoms with van der Waals surface area (Å²) in [6, 6.07) is 7.35. The summed E-state index contributed by atoms with van der Waals surface area (Å²) in [6.07, 6.45) is 3.71. The zero-order valence-electron chi connectivity index (χ0n) is 13.6. The number of aryl methyl sites for hydroxylation is 1. The van der Waals surface area contributed by atoms with Crippen molar-refractivity contribution < 1.29 is 19.4 Å². The molecule has 5 heteroatoms. The third-order valence-corrected chi connectivity index (χ3v) is 4.32. The molecule has 0 saturated carbocycles. The SMILES string of the molecule is CCOCCC(=O)NC(CC1CCCc2ccccc21)C(=O)O. The quantitative estimate of drug-likeness (QED) is 0.722. The first-order chi connectivity index (χ1) is 11.1. The number of aliphatic carboxylic acids is 1. The molecule has 23 heavy (non-hydrogen) atoms. The maximum Gasteiger partial charge on any atom is 0.326 e. The number of benzene rings is 1. The zero-order valence-corrected chi connectivity index (χ0v) is 13.6.